The van der Waals surface area contributed by atoms with Crippen LogP contribution in [0.15, 0.2) is 20.7 Å². The number of rotatable bonds is 0. The average Bonchev–Trinajstić information content (AvgIpc) is 1.76. The van der Waals surface area contributed by atoms with E-state index in [1.807, 2.05) is 0 Å². The molecule has 0 saturated carbocycles. The van der Waals surface area contributed by atoms with E-state index in [-0.39, 0.29) is 103 Å². The molecular formula is CH4K2N4. The molecule has 0 aromatic rings. The summed E-state index contributed by atoms with van der Waals surface area (Å²) in [5.74, 6) is 0. The Hall–Kier alpha value is 2.47. The molecule has 0 aromatic heterocycles. The van der Waals surface area contributed by atoms with Crippen molar-refractivity contribution in [1.29, 1.82) is 0 Å². The Labute approximate surface area is 126 Å². The Bertz CT molecular complexity index is 67.8. The van der Waals surface area contributed by atoms with Crippen molar-refractivity contribution >= 4 is 103 Å². The Kier molecular flexibility index (Phi) is 14.7. The van der Waals surface area contributed by atoms with Crippen molar-refractivity contribution in [2.75, 3.05) is 6.67 Å². The third kappa shape index (κ3) is 6.36. The molecule has 1 heterocycles. The molecule has 1 rings (SSSR count). The summed E-state index contributed by atoms with van der Waals surface area (Å²) in [6.45, 7) is 0.417. The molecular weight excluding hydrogens is 146 g/mol. The van der Waals surface area contributed by atoms with Crippen molar-refractivity contribution in [1.82, 2.24) is 0 Å². The summed E-state index contributed by atoms with van der Waals surface area (Å²) in [5.41, 5.74) is 0. The molecule has 0 aliphatic carbocycles. The Morgan fingerprint density at radius 1 is 0.857 bits per heavy atom. The molecule has 0 aromatic carbocycles. The number of nitrogens with zero attached hydrogens (tertiary/aromatic N) is 4. The van der Waals surface area contributed by atoms with Crippen molar-refractivity contribution < 1.29 is 0 Å². The topological polar surface area (TPSA) is 49.4 Å². The molecule has 0 atom stereocenters. The van der Waals surface area contributed by atoms with Crippen LogP contribution in [0.5, 0.6) is 0 Å². The second kappa shape index (κ2) is 8.47. The molecule has 0 spiro atoms. The fraction of sp³-hybridized carbons (Fsp3) is 1.00. The van der Waals surface area contributed by atoms with Crippen LogP contribution in [0.1, 0.15) is 0 Å². The Morgan fingerprint density at radius 3 is 1.43 bits per heavy atom. The zero-order chi connectivity index (χ0) is 3.54. The summed E-state index contributed by atoms with van der Waals surface area (Å²) in [4.78, 5) is 0. The van der Waals surface area contributed by atoms with Crippen molar-refractivity contribution in [3.8, 4) is 0 Å². The minimum absolute atomic E-state index is 0. The molecule has 0 radical (unpaired) electrons. The first-order chi connectivity index (χ1) is 2.50. The molecule has 4 nitrogen and oxygen atoms in total. The van der Waals surface area contributed by atoms with E-state index in [0.29, 0.717) is 6.67 Å². The van der Waals surface area contributed by atoms with Gasteiger partial charge in [0.05, 0.1) is 0 Å². The maximum absolute atomic E-state index is 3.38. The SMILES string of the molecule is C1N=NN=N1.[KH].[KH]. The Morgan fingerprint density at radius 2 is 1.29 bits per heavy atom. The van der Waals surface area contributed by atoms with E-state index in [9.17, 15) is 0 Å². The molecule has 1 aliphatic rings. The Balaban J connectivity index is 0. The van der Waals surface area contributed by atoms with E-state index in [1.54, 1.807) is 0 Å². The third-order valence-electron chi connectivity index (χ3n) is 0.293. The van der Waals surface area contributed by atoms with Crippen LogP contribution in [-0.2, 0) is 0 Å². The number of hydrogen-bond acceptors (Lipinski definition) is 4. The van der Waals surface area contributed by atoms with E-state index in [0.717, 1.165) is 0 Å². The first kappa shape index (κ1) is 12.2. The van der Waals surface area contributed by atoms with Crippen LogP contribution in [-0.4, -0.2) is 109 Å². The van der Waals surface area contributed by atoms with Gasteiger partial charge in [-0.3, -0.25) is 0 Å². The minimum atomic E-state index is 0. The van der Waals surface area contributed by atoms with E-state index < -0.39 is 0 Å². The summed E-state index contributed by atoms with van der Waals surface area (Å²) in [7, 11) is 0. The van der Waals surface area contributed by atoms with Gasteiger partial charge < -0.3 is 0 Å². The molecule has 0 saturated heterocycles. The van der Waals surface area contributed by atoms with Crippen molar-refractivity contribution in [2.45, 2.75) is 0 Å². The van der Waals surface area contributed by atoms with Gasteiger partial charge in [0.1, 0.15) is 0 Å². The first-order valence-corrected chi connectivity index (χ1v) is 1.23. The predicted molar refractivity (Wildman–Crippen MR) is 28.9 cm³/mol. The van der Waals surface area contributed by atoms with E-state index in [1.165, 1.54) is 0 Å². The van der Waals surface area contributed by atoms with Gasteiger partial charge in [0.2, 0.25) is 0 Å². The molecule has 0 bridgehead atoms. The van der Waals surface area contributed by atoms with Gasteiger partial charge >= 0.3 is 103 Å². The van der Waals surface area contributed by atoms with Gasteiger partial charge in [-0.15, -0.1) is 10.2 Å². The van der Waals surface area contributed by atoms with Crippen LogP contribution in [0.25, 0.3) is 0 Å². The molecule has 0 fully saturated rings. The van der Waals surface area contributed by atoms with Crippen molar-refractivity contribution in [2.24, 2.45) is 20.7 Å². The predicted octanol–water partition coefficient (Wildman–Crippen LogP) is -0.520. The fourth-order valence-corrected chi connectivity index (χ4v) is 0.141. The zero-order valence-corrected chi connectivity index (χ0v) is 2.50. The first-order valence-electron chi connectivity index (χ1n) is 1.23. The van der Waals surface area contributed by atoms with Gasteiger partial charge in [0.15, 0.2) is 6.67 Å². The summed E-state index contributed by atoms with van der Waals surface area (Å²) >= 11 is 0. The second-order valence-electron chi connectivity index (χ2n) is 0.603. The molecule has 0 N–H and O–H groups in total. The monoisotopic (exact) mass is 150 g/mol. The molecule has 0 amide bonds. The van der Waals surface area contributed by atoms with Gasteiger partial charge in [-0.2, -0.15) is 0 Å². The summed E-state index contributed by atoms with van der Waals surface area (Å²) in [5, 5.41) is 13.1. The molecule has 6 heteroatoms. The van der Waals surface area contributed by atoms with Gasteiger partial charge in [-0.25, -0.2) is 0 Å². The van der Waals surface area contributed by atoms with Gasteiger partial charge in [0.25, 0.3) is 0 Å². The fourth-order valence-electron chi connectivity index (χ4n) is 0.141. The van der Waals surface area contributed by atoms with Crippen molar-refractivity contribution in [3.05, 3.63) is 0 Å². The molecule has 7 heavy (non-hydrogen) atoms. The maximum atomic E-state index is 3.38. The van der Waals surface area contributed by atoms with Gasteiger partial charge in [-0.1, -0.05) is 0 Å². The van der Waals surface area contributed by atoms with Gasteiger partial charge in [-0.05, 0) is 10.4 Å². The van der Waals surface area contributed by atoms with E-state index >= 15 is 0 Å². The quantitative estimate of drug-likeness (QED) is 0.417. The van der Waals surface area contributed by atoms with Crippen LogP contribution >= 0.6 is 0 Å². The zero-order valence-electron chi connectivity index (χ0n) is 2.50. The van der Waals surface area contributed by atoms with Gasteiger partial charge in [0, 0.05) is 0 Å². The summed E-state index contributed by atoms with van der Waals surface area (Å²) < 4.78 is 0. The normalized spacial score (nSPS) is 12.6. The van der Waals surface area contributed by atoms with Crippen molar-refractivity contribution in [3.63, 3.8) is 0 Å². The standard InChI is InChI=1S/CH2N4.2K.2H/c1-2-4-5-3-1;;;;/h1H2;;;;. The van der Waals surface area contributed by atoms with E-state index in [4.69, 9.17) is 0 Å². The van der Waals surface area contributed by atoms with Crippen LogP contribution in [0, 0.1) is 0 Å². The van der Waals surface area contributed by atoms with E-state index in [2.05, 4.69) is 20.7 Å². The van der Waals surface area contributed by atoms with Crippen LogP contribution in [0.3, 0.4) is 0 Å². The summed E-state index contributed by atoms with van der Waals surface area (Å²) in [6, 6.07) is 0. The van der Waals surface area contributed by atoms with Crippen LogP contribution in [0.2, 0.25) is 0 Å². The molecule has 1 aliphatic heterocycles. The number of hydrogen-bond donors (Lipinski definition) is 0. The summed E-state index contributed by atoms with van der Waals surface area (Å²) in [6.07, 6.45) is 0. The third-order valence-corrected chi connectivity index (χ3v) is 0.293. The van der Waals surface area contributed by atoms with Crippen LogP contribution in [0.4, 0.5) is 0 Å². The molecule has 30 valence electrons. The average molecular weight is 150 g/mol. The second-order valence-corrected chi connectivity index (χ2v) is 0.603. The van der Waals surface area contributed by atoms with Crippen LogP contribution < -0.4 is 0 Å². The molecule has 0 unspecified atom stereocenters.